The van der Waals surface area contributed by atoms with Crippen LogP contribution in [-0.2, 0) is 12.4 Å². The Bertz CT molecular complexity index is 840. The zero-order chi connectivity index (χ0) is 17.6. The Morgan fingerprint density at radius 3 is 2.52 bits per heavy atom. The van der Waals surface area contributed by atoms with Crippen molar-refractivity contribution in [3.63, 3.8) is 0 Å². The second kappa shape index (κ2) is 8.47. The van der Waals surface area contributed by atoms with Gasteiger partial charge in [-0.3, -0.25) is 0 Å². The number of ether oxygens (including phenoxy) is 2. The van der Waals surface area contributed by atoms with Crippen molar-refractivity contribution >= 4 is 35.0 Å². The third kappa shape index (κ3) is 5.04. The number of thioether (sulfide) groups is 1. The molecule has 0 spiro atoms. The van der Waals surface area contributed by atoms with Gasteiger partial charge < -0.3 is 13.9 Å². The summed E-state index contributed by atoms with van der Waals surface area (Å²) >= 11 is 13.4. The normalized spacial score (nSPS) is 10.7. The highest BCUT2D eigenvalue weighted by Crippen LogP contribution is 2.28. The SMILES string of the molecule is COc1ccc(OCc2nnc(SCc3ccc(Cl)cc3Cl)o2)cc1. The molecule has 0 aliphatic rings. The Balaban J connectivity index is 1.53. The van der Waals surface area contributed by atoms with Gasteiger partial charge in [0.15, 0.2) is 6.61 Å². The zero-order valence-electron chi connectivity index (χ0n) is 13.2. The number of halogens is 2. The third-order valence-corrected chi connectivity index (χ3v) is 4.69. The first-order valence-electron chi connectivity index (χ1n) is 7.30. The maximum absolute atomic E-state index is 6.15. The van der Waals surface area contributed by atoms with Gasteiger partial charge in [-0.05, 0) is 42.0 Å². The second-order valence-electron chi connectivity index (χ2n) is 4.95. The van der Waals surface area contributed by atoms with E-state index in [0.717, 1.165) is 11.3 Å². The highest BCUT2D eigenvalue weighted by Gasteiger charge is 2.09. The molecule has 0 fully saturated rings. The molecule has 0 saturated carbocycles. The van der Waals surface area contributed by atoms with Crippen LogP contribution in [0.3, 0.4) is 0 Å². The summed E-state index contributed by atoms with van der Waals surface area (Å²) in [6, 6.07) is 12.6. The number of rotatable bonds is 7. The lowest BCUT2D eigenvalue weighted by Crippen LogP contribution is -1.95. The van der Waals surface area contributed by atoms with Gasteiger partial charge in [0.25, 0.3) is 11.1 Å². The van der Waals surface area contributed by atoms with Gasteiger partial charge in [-0.25, -0.2) is 0 Å². The first-order valence-corrected chi connectivity index (χ1v) is 9.04. The van der Waals surface area contributed by atoms with Gasteiger partial charge in [0.05, 0.1) is 7.11 Å². The van der Waals surface area contributed by atoms with Crippen molar-refractivity contribution in [1.29, 1.82) is 0 Å². The Hall–Kier alpha value is -1.89. The van der Waals surface area contributed by atoms with Gasteiger partial charge in [0.2, 0.25) is 0 Å². The average molecular weight is 397 g/mol. The smallest absolute Gasteiger partial charge is 0.277 e. The van der Waals surface area contributed by atoms with Crippen molar-refractivity contribution in [2.45, 2.75) is 17.6 Å². The minimum atomic E-state index is 0.196. The highest BCUT2D eigenvalue weighted by atomic mass is 35.5. The molecule has 0 unspecified atom stereocenters. The van der Waals surface area contributed by atoms with Crippen molar-refractivity contribution in [3.8, 4) is 11.5 Å². The van der Waals surface area contributed by atoms with Crippen LogP contribution in [-0.4, -0.2) is 17.3 Å². The van der Waals surface area contributed by atoms with Crippen LogP contribution < -0.4 is 9.47 Å². The van der Waals surface area contributed by atoms with Crippen LogP contribution in [0.1, 0.15) is 11.5 Å². The number of methoxy groups -OCH3 is 1. The molecule has 0 amide bonds. The summed E-state index contributed by atoms with van der Waals surface area (Å²) in [4.78, 5) is 0. The molecule has 0 aliphatic carbocycles. The van der Waals surface area contributed by atoms with Gasteiger partial charge in [-0.15, -0.1) is 10.2 Å². The van der Waals surface area contributed by atoms with E-state index < -0.39 is 0 Å². The Kier molecular flexibility index (Phi) is 6.07. The van der Waals surface area contributed by atoms with Crippen molar-refractivity contribution in [3.05, 3.63) is 64.0 Å². The van der Waals surface area contributed by atoms with E-state index in [1.54, 1.807) is 19.2 Å². The lowest BCUT2D eigenvalue weighted by atomic mass is 10.2. The molecule has 0 aliphatic heterocycles. The Morgan fingerprint density at radius 1 is 1.04 bits per heavy atom. The number of hydrogen-bond acceptors (Lipinski definition) is 6. The van der Waals surface area contributed by atoms with E-state index in [1.165, 1.54) is 11.8 Å². The monoisotopic (exact) mass is 396 g/mol. The Morgan fingerprint density at radius 2 is 1.80 bits per heavy atom. The first kappa shape index (κ1) is 17.9. The van der Waals surface area contributed by atoms with Crippen molar-refractivity contribution in [2.75, 3.05) is 7.11 Å². The fraction of sp³-hybridized carbons (Fsp3) is 0.176. The topological polar surface area (TPSA) is 57.4 Å². The van der Waals surface area contributed by atoms with Crippen LogP contribution in [0.5, 0.6) is 11.5 Å². The molecule has 0 atom stereocenters. The fourth-order valence-corrected chi connectivity index (χ4v) is 3.29. The van der Waals surface area contributed by atoms with E-state index >= 15 is 0 Å². The molecule has 0 radical (unpaired) electrons. The van der Waals surface area contributed by atoms with E-state index in [4.69, 9.17) is 37.1 Å². The summed E-state index contributed by atoms with van der Waals surface area (Å²) in [5, 5.41) is 9.65. The lowest BCUT2D eigenvalue weighted by Gasteiger charge is -2.04. The summed E-state index contributed by atoms with van der Waals surface area (Å²) < 4.78 is 16.3. The van der Waals surface area contributed by atoms with E-state index in [-0.39, 0.29) is 6.61 Å². The average Bonchev–Trinajstić information content (AvgIpc) is 3.07. The van der Waals surface area contributed by atoms with Gasteiger partial charge in [-0.2, -0.15) is 0 Å². The molecule has 0 bridgehead atoms. The second-order valence-corrected chi connectivity index (χ2v) is 6.72. The minimum Gasteiger partial charge on any atom is -0.497 e. The minimum absolute atomic E-state index is 0.196. The Labute approximate surface area is 159 Å². The van der Waals surface area contributed by atoms with E-state index in [2.05, 4.69) is 10.2 Å². The van der Waals surface area contributed by atoms with Crippen LogP contribution in [0.2, 0.25) is 10.0 Å². The maximum atomic E-state index is 6.15. The molecule has 25 heavy (non-hydrogen) atoms. The third-order valence-electron chi connectivity index (χ3n) is 3.24. The summed E-state index contributed by atoms with van der Waals surface area (Å²) in [5.41, 5.74) is 0.949. The molecule has 0 saturated heterocycles. The van der Waals surface area contributed by atoms with Crippen LogP contribution in [0.15, 0.2) is 52.1 Å². The molecule has 8 heteroatoms. The van der Waals surface area contributed by atoms with E-state index in [0.29, 0.717) is 32.7 Å². The van der Waals surface area contributed by atoms with Crippen molar-refractivity contribution in [1.82, 2.24) is 10.2 Å². The van der Waals surface area contributed by atoms with Gasteiger partial charge in [-0.1, -0.05) is 41.0 Å². The van der Waals surface area contributed by atoms with Crippen LogP contribution in [0, 0.1) is 0 Å². The summed E-state index contributed by atoms with van der Waals surface area (Å²) in [6.07, 6.45) is 0. The summed E-state index contributed by atoms with van der Waals surface area (Å²) in [5.74, 6) is 2.48. The van der Waals surface area contributed by atoms with Gasteiger partial charge >= 0.3 is 0 Å². The molecule has 3 aromatic rings. The van der Waals surface area contributed by atoms with E-state index in [9.17, 15) is 0 Å². The first-order chi connectivity index (χ1) is 12.1. The van der Waals surface area contributed by atoms with Crippen LogP contribution >= 0.6 is 35.0 Å². The number of hydrogen-bond donors (Lipinski definition) is 0. The van der Waals surface area contributed by atoms with Crippen molar-refractivity contribution < 1.29 is 13.9 Å². The summed E-state index contributed by atoms with van der Waals surface area (Å²) in [6.45, 7) is 0.196. The molecule has 2 aromatic carbocycles. The quantitative estimate of drug-likeness (QED) is 0.507. The number of aromatic nitrogens is 2. The van der Waals surface area contributed by atoms with Crippen LogP contribution in [0.4, 0.5) is 0 Å². The number of benzene rings is 2. The van der Waals surface area contributed by atoms with Crippen molar-refractivity contribution in [2.24, 2.45) is 0 Å². The molecular weight excluding hydrogens is 383 g/mol. The molecule has 3 rings (SSSR count). The predicted molar refractivity (Wildman–Crippen MR) is 97.6 cm³/mol. The van der Waals surface area contributed by atoms with E-state index in [1.807, 2.05) is 30.3 Å². The fourth-order valence-electron chi connectivity index (χ4n) is 1.95. The lowest BCUT2D eigenvalue weighted by molar-refractivity contribution is 0.252. The number of nitrogens with zero attached hydrogens (tertiary/aromatic N) is 2. The summed E-state index contributed by atoms with van der Waals surface area (Å²) in [7, 11) is 1.62. The molecule has 0 N–H and O–H groups in total. The molecular formula is C17H14Cl2N2O3S. The maximum Gasteiger partial charge on any atom is 0.277 e. The van der Waals surface area contributed by atoms with Gasteiger partial charge in [0.1, 0.15) is 11.5 Å². The standard InChI is InChI=1S/C17H14Cl2N2O3S/c1-22-13-4-6-14(7-5-13)23-9-16-20-21-17(24-16)25-10-11-2-3-12(18)8-15(11)19/h2-8H,9-10H2,1H3. The molecule has 1 heterocycles. The van der Waals surface area contributed by atoms with Crippen LogP contribution in [0.25, 0.3) is 0 Å². The molecule has 1 aromatic heterocycles. The largest absolute Gasteiger partial charge is 0.497 e. The molecule has 130 valence electrons. The predicted octanol–water partition coefficient (Wildman–Crippen LogP) is 5.26. The van der Waals surface area contributed by atoms with Gasteiger partial charge in [0, 0.05) is 15.8 Å². The molecule has 5 nitrogen and oxygen atoms in total. The highest BCUT2D eigenvalue weighted by molar-refractivity contribution is 7.98. The zero-order valence-corrected chi connectivity index (χ0v) is 15.6.